The molecule has 0 aromatic heterocycles. The van der Waals surface area contributed by atoms with Crippen LogP contribution in [0, 0.1) is 23.0 Å². The van der Waals surface area contributed by atoms with Gasteiger partial charge in [-0.15, -0.1) is 0 Å². The predicted octanol–water partition coefficient (Wildman–Crippen LogP) is 7.66. The molecular weight excluding hydrogens is 572 g/mol. The monoisotopic (exact) mass is 625 g/mol. The molecule has 3 rings (SSSR count). The molecule has 8 heteroatoms. The number of hydrogen-bond donors (Lipinski definition) is 3. The highest BCUT2D eigenvalue weighted by molar-refractivity contribution is 5.86. The van der Waals surface area contributed by atoms with Gasteiger partial charge >= 0.3 is 6.09 Å². The van der Waals surface area contributed by atoms with E-state index in [9.17, 15) is 18.4 Å². The number of nitrogens with one attached hydrogen (secondary N) is 3. The number of benzene rings is 2. The Labute approximate surface area is 268 Å². The van der Waals surface area contributed by atoms with E-state index in [0.29, 0.717) is 6.42 Å². The van der Waals surface area contributed by atoms with Crippen molar-refractivity contribution >= 4 is 12.0 Å². The maximum Gasteiger partial charge on any atom is 0.408 e. The number of alkyl carbamates (subject to hydrolysis) is 1. The summed E-state index contributed by atoms with van der Waals surface area (Å²) in [4.78, 5) is 27.5. The van der Waals surface area contributed by atoms with Gasteiger partial charge in [0.15, 0.2) is 0 Å². The van der Waals surface area contributed by atoms with Gasteiger partial charge in [-0.25, -0.2) is 13.6 Å². The first-order valence-electron chi connectivity index (χ1n) is 16.0. The molecule has 3 N–H and O–H groups in total. The van der Waals surface area contributed by atoms with Crippen molar-refractivity contribution in [2.75, 3.05) is 0 Å². The second-order valence-electron chi connectivity index (χ2n) is 15.5. The molecule has 248 valence electrons. The second-order valence-corrected chi connectivity index (χ2v) is 15.5. The third kappa shape index (κ3) is 11.9. The third-order valence-electron chi connectivity index (χ3n) is 7.92. The van der Waals surface area contributed by atoms with Gasteiger partial charge in [0.25, 0.3) is 0 Å². The quantitative estimate of drug-likeness (QED) is 0.224. The average molecular weight is 626 g/mol. The molecule has 0 unspecified atom stereocenters. The highest BCUT2D eigenvalue weighted by atomic mass is 19.1. The minimum Gasteiger partial charge on any atom is -0.444 e. The van der Waals surface area contributed by atoms with E-state index in [1.807, 2.05) is 32.9 Å². The number of amides is 2. The Morgan fingerprint density at radius 1 is 0.911 bits per heavy atom. The van der Waals surface area contributed by atoms with Crippen molar-refractivity contribution in [1.82, 2.24) is 16.0 Å². The van der Waals surface area contributed by atoms with Crippen molar-refractivity contribution in [2.24, 2.45) is 11.3 Å². The Bertz CT molecular complexity index is 1250. The van der Waals surface area contributed by atoms with Gasteiger partial charge in [-0.3, -0.25) is 4.79 Å². The van der Waals surface area contributed by atoms with Crippen molar-refractivity contribution in [3.8, 4) is 0 Å². The average Bonchev–Trinajstić information content (AvgIpc) is 2.86. The van der Waals surface area contributed by atoms with Crippen LogP contribution in [0.15, 0.2) is 60.7 Å². The molecule has 0 spiro atoms. The van der Waals surface area contributed by atoms with Crippen LogP contribution in [0.5, 0.6) is 0 Å². The van der Waals surface area contributed by atoms with Gasteiger partial charge in [0, 0.05) is 17.1 Å². The zero-order valence-corrected chi connectivity index (χ0v) is 28.5. The lowest BCUT2D eigenvalue weighted by Gasteiger charge is -2.47. The molecule has 1 heterocycles. The first-order valence-corrected chi connectivity index (χ1v) is 16.0. The summed E-state index contributed by atoms with van der Waals surface area (Å²) in [5.41, 5.74) is -0.617. The molecule has 0 radical (unpaired) electrons. The van der Waals surface area contributed by atoms with Gasteiger partial charge in [0.1, 0.15) is 17.2 Å². The summed E-state index contributed by atoms with van der Waals surface area (Å²) < 4.78 is 33.4. The fourth-order valence-electron chi connectivity index (χ4n) is 6.56. The Balaban J connectivity index is 2.10. The van der Waals surface area contributed by atoms with Crippen molar-refractivity contribution in [3.63, 3.8) is 0 Å². The third-order valence-corrected chi connectivity index (χ3v) is 7.92. The molecule has 6 nitrogen and oxygen atoms in total. The topological polar surface area (TPSA) is 79.5 Å². The molecule has 0 aliphatic carbocycles. The number of rotatable bonds is 11. The number of carbonyl (C=O) groups excluding carboxylic acids is 2. The maximum absolute atomic E-state index is 14.7. The molecule has 2 aromatic carbocycles. The van der Waals surface area contributed by atoms with Crippen LogP contribution in [0.2, 0.25) is 0 Å². The molecular formula is C37H53F2N3O3. The van der Waals surface area contributed by atoms with Gasteiger partial charge in [0.05, 0.1) is 11.5 Å². The van der Waals surface area contributed by atoms with Crippen LogP contribution in [0.1, 0.15) is 92.7 Å². The van der Waals surface area contributed by atoms with E-state index in [4.69, 9.17) is 4.74 Å². The molecule has 0 bridgehead atoms. The minimum absolute atomic E-state index is 0.0932. The summed E-state index contributed by atoms with van der Waals surface area (Å²) in [6, 6.07) is 11.8. The normalized spacial score (nSPS) is 17.7. The van der Waals surface area contributed by atoms with Gasteiger partial charge in [-0.1, -0.05) is 50.3 Å². The van der Waals surface area contributed by atoms with Crippen LogP contribution in [-0.4, -0.2) is 40.8 Å². The van der Waals surface area contributed by atoms with Crippen LogP contribution in [0.25, 0.3) is 0 Å². The fourth-order valence-corrected chi connectivity index (χ4v) is 6.56. The first kappa shape index (κ1) is 36.2. The van der Waals surface area contributed by atoms with Crippen molar-refractivity contribution in [1.29, 1.82) is 0 Å². The Morgan fingerprint density at radius 3 is 1.80 bits per heavy atom. The molecule has 2 amide bonds. The fraction of sp³-hybridized carbons (Fsp3) is 0.568. The summed E-state index contributed by atoms with van der Waals surface area (Å²) in [5.74, 6) is -0.654. The van der Waals surface area contributed by atoms with Gasteiger partial charge in [0.2, 0.25) is 5.91 Å². The standard InChI is InChI=1S/C37H53F2N3O3/c1-25(2)20-30(41-33(44)45-34(3,4)5)18-19-37(21-26-10-14-28(38)15-11-26,22-27-12-16-29(39)17-13-27)32(43)40-31-23-35(6,7)42-36(8,9)24-31/h10-19,25,30-31,42H,20-24H2,1-9H3,(H,40,43)(H,41,44)/b19-18+/t30-/m1/s1. The van der Waals surface area contributed by atoms with Gasteiger partial charge in [-0.05, 0) is 122 Å². The van der Waals surface area contributed by atoms with E-state index in [1.165, 1.54) is 24.3 Å². The van der Waals surface area contributed by atoms with E-state index in [2.05, 4.69) is 57.5 Å². The molecule has 2 aromatic rings. The molecule has 1 atom stereocenters. The number of ether oxygens (including phenoxy) is 1. The summed E-state index contributed by atoms with van der Waals surface area (Å²) in [5, 5.41) is 10.0. The summed E-state index contributed by atoms with van der Waals surface area (Å²) in [6.45, 7) is 18.1. The van der Waals surface area contributed by atoms with Crippen LogP contribution in [-0.2, 0) is 22.4 Å². The number of halogens is 2. The largest absolute Gasteiger partial charge is 0.444 e. The van der Waals surface area contributed by atoms with Crippen LogP contribution < -0.4 is 16.0 Å². The second kappa shape index (κ2) is 14.4. The smallest absolute Gasteiger partial charge is 0.408 e. The molecule has 1 fully saturated rings. The van der Waals surface area contributed by atoms with Crippen LogP contribution >= 0.6 is 0 Å². The zero-order chi connectivity index (χ0) is 33.6. The van der Waals surface area contributed by atoms with E-state index in [1.54, 1.807) is 24.3 Å². The molecule has 0 saturated carbocycles. The zero-order valence-electron chi connectivity index (χ0n) is 28.5. The van der Waals surface area contributed by atoms with Crippen molar-refractivity contribution in [3.05, 3.63) is 83.4 Å². The van der Waals surface area contributed by atoms with E-state index in [-0.39, 0.29) is 53.4 Å². The highest BCUT2D eigenvalue weighted by Gasteiger charge is 2.42. The van der Waals surface area contributed by atoms with Crippen molar-refractivity contribution < 1.29 is 23.1 Å². The Kier molecular flexibility index (Phi) is 11.6. The van der Waals surface area contributed by atoms with Gasteiger partial charge in [-0.2, -0.15) is 0 Å². The van der Waals surface area contributed by atoms with Crippen LogP contribution in [0.4, 0.5) is 13.6 Å². The SMILES string of the molecule is CC(C)C[C@@H](/C=C/C(Cc1ccc(F)cc1)(Cc1ccc(F)cc1)C(=O)NC1CC(C)(C)NC(C)(C)C1)NC(=O)OC(C)(C)C. The molecule has 1 saturated heterocycles. The first-order chi connectivity index (χ1) is 20.7. The van der Waals surface area contributed by atoms with E-state index < -0.39 is 23.2 Å². The lowest BCUT2D eigenvalue weighted by Crippen LogP contribution is -2.63. The minimum atomic E-state index is -1.14. The molecule has 1 aliphatic heterocycles. The van der Waals surface area contributed by atoms with E-state index in [0.717, 1.165) is 24.0 Å². The Morgan fingerprint density at radius 2 is 1.38 bits per heavy atom. The Hall–Kier alpha value is -3.26. The summed E-state index contributed by atoms with van der Waals surface area (Å²) in [6.07, 6.45) is 5.87. The number of piperidine rings is 1. The molecule has 45 heavy (non-hydrogen) atoms. The highest BCUT2D eigenvalue weighted by Crippen LogP contribution is 2.34. The molecule has 1 aliphatic rings. The van der Waals surface area contributed by atoms with Crippen molar-refractivity contribution in [2.45, 2.75) is 123 Å². The number of hydrogen-bond acceptors (Lipinski definition) is 4. The lowest BCUT2D eigenvalue weighted by molar-refractivity contribution is -0.130. The van der Waals surface area contributed by atoms with Crippen LogP contribution in [0.3, 0.4) is 0 Å². The lowest BCUT2D eigenvalue weighted by atomic mass is 9.73. The number of carbonyl (C=O) groups is 2. The summed E-state index contributed by atoms with van der Waals surface area (Å²) in [7, 11) is 0. The van der Waals surface area contributed by atoms with E-state index >= 15 is 0 Å². The van der Waals surface area contributed by atoms with Gasteiger partial charge < -0.3 is 20.7 Å². The maximum atomic E-state index is 14.7. The predicted molar refractivity (Wildman–Crippen MR) is 177 cm³/mol. The summed E-state index contributed by atoms with van der Waals surface area (Å²) >= 11 is 0.